The van der Waals surface area contributed by atoms with E-state index in [0.29, 0.717) is 28.0 Å². The fourth-order valence-electron chi connectivity index (χ4n) is 2.84. The summed E-state index contributed by atoms with van der Waals surface area (Å²) in [5.74, 6) is 1.42. The molecule has 0 amide bonds. The largest absolute Gasteiger partial charge is 0.497 e. The lowest BCUT2D eigenvalue weighted by atomic mass is 9.88. The first-order valence-electron chi connectivity index (χ1n) is 7.85. The highest BCUT2D eigenvalue weighted by atomic mass is 35.5. The van der Waals surface area contributed by atoms with Gasteiger partial charge in [-0.15, -0.1) is 0 Å². The van der Waals surface area contributed by atoms with Crippen LogP contribution in [0, 0.1) is 0 Å². The lowest BCUT2D eigenvalue weighted by molar-refractivity contribution is 0.152. The van der Waals surface area contributed by atoms with Crippen LogP contribution < -0.4 is 9.47 Å². The molecule has 0 bridgehead atoms. The summed E-state index contributed by atoms with van der Waals surface area (Å²) in [6.07, 6.45) is 0.736. The first-order valence-corrected chi connectivity index (χ1v) is 8.60. The molecular formula is C19H22Cl2O3. The third kappa shape index (κ3) is 4.35. The molecule has 0 radical (unpaired) electrons. The molecule has 0 aromatic heterocycles. The van der Waals surface area contributed by atoms with Crippen LogP contribution in [0.5, 0.6) is 11.5 Å². The maximum Gasteiger partial charge on any atom is 0.128 e. The Balaban J connectivity index is 2.24. The molecule has 0 aliphatic heterocycles. The summed E-state index contributed by atoms with van der Waals surface area (Å²) in [5, 5.41) is 11.9. The van der Waals surface area contributed by atoms with Gasteiger partial charge in [-0.2, -0.15) is 0 Å². The Kier molecular flexibility index (Phi) is 6.79. The number of ether oxygens (including phenoxy) is 2. The summed E-state index contributed by atoms with van der Waals surface area (Å²) >= 11 is 12.3. The van der Waals surface area contributed by atoms with Crippen LogP contribution >= 0.6 is 23.2 Å². The first kappa shape index (κ1) is 18.9. The molecule has 2 rings (SSSR count). The van der Waals surface area contributed by atoms with Gasteiger partial charge in [-0.3, -0.25) is 0 Å². The normalized spacial score (nSPS) is 13.4. The van der Waals surface area contributed by atoms with Gasteiger partial charge < -0.3 is 14.6 Å². The molecule has 130 valence electrons. The Morgan fingerprint density at radius 2 is 1.71 bits per heavy atom. The van der Waals surface area contributed by atoms with Crippen LogP contribution in [0.3, 0.4) is 0 Å². The quantitative estimate of drug-likeness (QED) is 0.688. The number of halogens is 2. The van der Waals surface area contributed by atoms with E-state index in [1.807, 2.05) is 24.3 Å². The van der Waals surface area contributed by atoms with Crippen molar-refractivity contribution in [2.75, 3.05) is 14.2 Å². The van der Waals surface area contributed by atoms with Gasteiger partial charge in [0, 0.05) is 21.7 Å². The summed E-state index contributed by atoms with van der Waals surface area (Å²) in [5.41, 5.74) is 1.73. The van der Waals surface area contributed by atoms with E-state index < -0.39 is 6.10 Å². The standard InChI is InChI=1S/C19H22Cl2O3/c1-4-12(15-7-5-13(20)10-17(15)21)9-18(22)16-8-6-14(23-2)11-19(16)24-3/h5-8,10-12,18,22H,4,9H2,1-3H3. The molecule has 0 aliphatic rings. The van der Waals surface area contributed by atoms with E-state index in [4.69, 9.17) is 32.7 Å². The molecule has 2 atom stereocenters. The van der Waals surface area contributed by atoms with Gasteiger partial charge in [0.05, 0.1) is 20.3 Å². The van der Waals surface area contributed by atoms with Crippen molar-refractivity contribution in [1.29, 1.82) is 0 Å². The molecule has 1 N–H and O–H groups in total. The van der Waals surface area contributed by atoms with Gasteiger partial charge in [0.25, 0.3) is 0 Å². The van der Waals surface area contributed by atoms with Crippen molar-refractivity contribution in [3.8, 4) is 11.5 Å². The zero-order valence-corrected chi connectivity index (χ0v) is 15.6. The van der Waals surface area contributed by atoms with Crippen molar-refractivity contribution >= 4 is 23.2 Å². The molecule has 0 spiro atoms. The van der Waals surface area contributed by atoms with Crippen LogP contribution in [0.15, 0.2) is 36.4 Å². The van der Waals surface area contributed by atoms with Crippen molar-refractivity contribution < 1.29 is 14.6 Å². The van der Waals surface area contributed by atoms with Crippen LogP contribution in [-0.2, 0) is 0 Å². The van der Waals surface area contributed by atoms with Gasteiger partial charge in [-0.05, 0) is 48.6 Å². The highest BCUT2D eigenvalue weighted by Crippen LogP contribution is 2.38. The molecule has 5 heteroatoms. The fraction of sp³-hybridized carbons (Fsp3) is 0.368. The smallest absolute Gasteiger partial charge is 0.128 e. The number of hydrogen-bond acceptors (Lipinski definition) is 3. The Hall–Kier alpha value is -1.42. The minimum atomic E-state index is -0.664. The lowest BCUT2D eigenvalue weighted by Crippen LogP contribution is -2.08. The number of hydrogen-bond donors (Lipinski definition) is 1. The molecule has 0 fully saturated rings. The summed E-state index contributed by atoms with van der Waals surface area (Å²) < 4.78 is 10.6. The van der Waals surface area contributed by atoms with E-state index in [0.717, 1.165) is 17.5 Å². The molecule has 2 aromatic rings. The van der Waals surface area contributed by atoms with Crippen molar-refractivity contribution in [3.63, 3.8) is 0 Å². The highest BCUT2D eigenvalue weighted by Gasteiger charge is 2.21. The number of aliphatic hydroxyl groups is 1. The van der Waals surface area contributed by atoms with Gasteiger partial charge in [0.15, 0.2) is 0 Å². The molecule has 0 aliphatic carbocycles. The third-order valence-electron chi connectivity index (χ3n) is 4.20. The fourth-order valence-corrected chi connectivity index (χ4v) is 3.40. The van der Waals surface area contributed by atoms with Gasteiger partial charge in [-0.1, -0.05) is 36.2 Å². The molecule has 2 aromatic carbocycles. The van der Waals surface area contributed by atoms with Crippen LogP contribution in [0.25, 0.3) is 0 Å². The predicted octanol–water partition coefficient (Wildman–Crippen LogP) is 5.63. The average Bonchev–Trinajstić information content (AvgIpc) is 2.59. The van der Waals surface area contributed by atoms with E-state index in [-0.39, 0.29) is 5.92 Å². The molecular weight excluding hydrogens is 347 g/mol. The summed E-state index contributed by atoms with van der Waals surface area (Å²) in [6, 6.07) is 10.9. The van der Waals surface area contributed by atoms with E-state index in [1.54, 1.807) is 26.4 Å². The molecule has 24 heavy (non-hydrogen) atoms. The number of methoxy groups -OCH3 is 2. The first-order chi connectivity index (χ1) is 11.5. The SMILES string of the molecule is CCC(CC(O)c1ccc(OC)cc1OC)c1ccc(Cl)cc1Cl. The second-order valence-corrected chi connectivity index (χ2v) is 6.47. The second kappa shape index (κ2) is 8.61. The van der Waals surface area contributed by atoms with Crippen molar-refractivity contribution in [2.24, 2.45) is 0 Å². The Labute approximate surface area is 153 Å². The maximum absolute atomic E-state index is 10.7. The van der Waals surface area contributed by atoms with E-state index in [1.165, 1.54) is 0 Å². The number of benzene rings is 2. The van der Waals surface area contributed by atoms with Crippen LogP contribution in [0.2, 0.25) is 10.0 Å². The summed E-state index contributed by atoms with van der Waals surface area (Å²) in [6.45, 7) is 2.08. The molecule has 3 nitrogen and oxygen atoms in total. The van der Waals surface area contributed by atoms with Gasteiger partial charge in [-0.25, -0.2) is 0 Å². The number of aliphatic hydroxyl groups excluding tert-OH is 1. The molecule has 0 saturated carbocycles. The van der Waals surface area contributed by atoms with E-state index >= 15 is 0 Å². The van der Waals surface area contributed by atoms with Crippen molar-refractivity contribution in [1.82, 2.24) is 0 Å². The predicted molar refractivity (Wildman–Crippen MR) is 98.6 cm³/mol. The van der Waals surface area contributed by atoms with Gasteiger partial charge >= 0.3 is 0 Å². The van der Waals surface area contributed by atoms with Crippen molar-refractivity contribution in [2.45, 2.75) is 31.8 Å². The van der Waals surface area contributed by atoms with E-state index in [2.05, 4.69) is 6.92 Å². The Morgan fingerprint density at radius 1 is 1.00 bits per heavy atom. The summed E-state index contributed by atoms with van der Waals surface area (Å²) in [7, 11) is 3.18. The monoisotopic (exact) mass is 368 g/mol. The zero-order chi connectivity index (χ0) is 17.7. The van der Waals surface area contributed by atoms with Gasteiger partial charge in [0.2, 0.25) is 0 Å². The van der Waals surface area contributed by atoms with Crippen LogP contribution in [0.4, 0.5) is 0 Å². The van der Waals surface area contributed by atoms with Crippen LogP contribution in [-0.4, -0.2) is 19.3 Å². The van der Waals surface area contributed by atoms with Crippen LogP contribution in [0.1, 0.15) is 42.9 Å². The minimum absolute atomic E-state index is 0.122. The minimum Gasteiger partial charge on any atom is -0.497 e. The summed E-state index contributed by atoms with van der Waals surface area (Å²) in [4.78, 5) is 0. The molecule has 2 unspecified atom stereocenters. The Morgan fingerprint density at radius 3 is 2.29 bits per heavy atom. The third-order valence-corrected chi connectivity index (χ3v) is 4.76. The Bertz CT molecular complexity index is 688. The average molecular weight is 369 g/mol. The topological polar surface area (TPSA) is 38.7 Å². The highest BCUT2D eigenvalue weighted by molar-refractivity contribution is 6.35. The maximum atomic E-state index is 10.7. The van der Waals surface area contributed by atoms with E-state index in [9.17, 15) is 5.11 Å². The second-order valence-electron chi connectivity index (χ2n) is 5.63. The van der Waals surface area contributed by atoms with Gasteiger partial charge in [0.1, 0.15) is 11.5 Å². The molecule has 0 heterocycles. The van der Waals surface area contributed by atoms with Crippen molar-refractivity contribution in [3.05, 3.63) is 57.6 Å². The molecule has 0 saturated heterocycles. The number of rotatable bonds is 7. The lowest BCUT2D eigenvalue weighted by Gasteiger charge is -2.22. The zero-order valence-electron chi connectivity index (χ0n) is 14.1.